The Morgan fingerprint density at radius 1 is 1.04 bits per heavy atom. The summed E-state index contributed by atoms with van der Waals surface area (Å²) in [5, 5.41) is 7.01. The number of alkyl halides is 1. The van der Waals surface area contributed by atoms with Crippen molar-refractivity contribution in [3.05, 3.63) is 0 Å². The zero-order valence-corrected chi connectivity index (χ0v) is 18.3. The number of carbonyl (C=O) groups is 2. The zero-order chi connectivity index (χ0) is 19.1. The summed E-state index contributed by atoms with van der Waals surface area (Å²) in [6, 6.07) is 0.131. The Balaban J connectivity index is 1.88. The molecular weight excluding hydrogens is 380 g/mol. The largest absolute Gasteiger partial charge is 0.353 e. The molecule has 1 amide bonds. The molecule has 5 heteroatoms. The second-order valence-corrected chi connectivity index (χ2v) is 11.5. The predicted octanol–water partition coefficient (Wildman–Crippen LogP) is 3.57. The van der Waals surface area contributed by atoms with E-state index >= 15 is 0 Å². The van der Waals surface area contributed by atoms with Gasteiger partial charge in [-0.05, 0) is 58.8 Å². The van der Waals surface area contributed by atoms with E-state index in [2.05, 4.69) is 68.1 Å². The van der Waals surface area contributed by atoms with Gasteiger partial charge in [-0.3, -0.25) is 9.59 Å². The van der Waals surface area contributed by atoms with Crippen LogP contribution in [0.1, 0.15) is 74.1 Å². The first-order valence-corrected chi connectivity index (χ1v) is 10.4. The molecule has 0 aromatic carbocycles. The Hall–Kier alpha value is -0.420. The summed E-state index contributed by atoms with van der Waals surface area (Å²) in [6.45, 7) is 15.0. The lowest BCUT2D eigenvalue weighted by molar-refractivity contribution is -0.137. The lowest BCUT2D eigenvalue weighted by Crippen LogP contribution is -2.63. The third-order valence-electron chi connectivity index (χ3n) is 7.65. The van der Waals surface area contributed by atoms with E-state index in [1.54, 1.807) is 0 Å². The molecule has 2 saturated carbocycles. The average molecular weight is 413 g/mol. The predicted molar refractivity (Wildman–Crippen MR) is 104 cm³/mol. The summed E-state index contributed by atoms with van der Waals surface area (Å²) in [5.41, 5.74) is -1.43. The lowest BCUT2D eigenvalue weighted by Gasteiger charge is -2.48. The fourth-order valence-electron chi connectivity index (χ4n) is 6.19. The molecule has 1 aliphatic heterocycles. The molecule has 0 spiro atoms. The highest BCUT2D eigenvalue weighted by Gasteiger charge is 2.76. The number of piperidine rings is 1. The van der Waals surface area contributed by atoms with Crippen LogP contribution in [-0.4, -0.2) is 33.6 Å². The molecule has 3 atom stereocenters. The molecule has 0 aromatic rings. The van der Waals surface area contributed by atoms with E-state index in [4.69, 9.17) is 0 Å². The van der Waals surface area contributed by atoms with Crippen molar-refractivity contribution >= 4 is 27.6 Å². The molecule has 3 fully saturated rings. The highest BCUT2D eigenvalue weighted by molar-refractivity contribution is 9.10. The quantitative estimate of drug-likeness (QED) is 0.681. The van der Waals surface area contributed by atoms with Crippen molar-refractivity contribution in [1.82, 2.24) is 10.6 Å². The van der Waals surface area contributed by atoms with Crippen LogP contribution in [0, 0.1) is 16.2 Å². The number of hydrogen-bond acceptors (Lipinski definition) is 3. The summed E-state index contributed by atoms with van der Waals surface area (Å²) < 4.78 is 0. The normalized spacial score (nSPS) is 41.8. The Labute approximate surface area is 160 Å². The summed E-state index contributed by atoms with van der Waals surface area (Å²) >= 11 is 3.62. The van der Waals surface area contributed by atoms with Crippen LogP contribution in [-0.2, 0) is 9.59 Å². The van der Waals surface area contributed by atoms with Crippen LogP contribution in [0.5, 0.6) is 0 Å². The molecule has 1 saturated heterocycles. The first-order valence-electron chi connectivity index (χ1n) is 9.47. The molecule has 3 rings (SSSR count). The van der Waals surface area contributed by atoms with Gasteiger partial charge in [-0.1, -0.05) is 36.7 Å². The molecule has 2 N–H and O–H groups in total. The van der Waals surface area contributed by atoms with Gasteiger partial charge in [-0.25, -0.2) is 0 Å². The van der Waals surface area contributed by atoms with Gasteiger partial charge < -0.3 is 10.6 Å². The minimum absolute atomic E-state index is 0.0175. The average Bonchev–Trinajstić information content (AvgIpc) is 2.67. The van der Waals surface area contributed by atoms with E-state index in [1.807, 2.05) is 6.92 Å². The fraction of sp³-hybridized carbons (Fsp3) is 0.900. The Morgan fingerprint density at radius 2 is 1.56 bits per heavy atom. The number of hydrogen-bond donors (Lipinski definition) is 2. The molecule has 1 heterocycles. The summed E-state index contributed by atoms with van der Waals surface area (Å²) in [5.74, 6) is 0.261. The third-order valence-corrected chi connectivity index (χ3v) is 8.85. The van der Waals surface area contributed by atoms with Crippen molar-refractivity contribution in [3.63, 3.8) is 0 Å². The van der Waals surface area contributed by atoms with Gasteiger partial charge in [-0.15, -0.1) is 0 Å². The number of halogens is 1. The lowest BCUT2D eigenvalue weighted by atomic mass is 9.64. The minimum Gasteiger partial charge on any atom is -0.353 e. The maximum atomic E-state index is 13.5. The molecule has 3 aliphatic rings. The summed E-state index contributed by atoms with van der Waals surface area (Å²) in [6.07, 6.45) is 3.38. The van der Waals surface area contributed by atoms with Crippen LogP contribution in [0.25, 0.3) is 0 Å². The van der Waals surface area contributed by atoms with Crippen LogP contribution in [0.15, 0.2) is 0 Å². The second-order valence-electron chi connectivity index (χ2n) is 10.6. The number of carbonyl (C=O) groups excluding carboxylic acids is 2. The van der Waals surface area contributed by atoms with Crippen molar-refractivity contribution in [3.8, 4) is 0 Å². The maximum Gasteiger partial charge on any atom is 0.228 e. The van der Waals surface area contributed by atoms with Crippen molar-refractivity contribution in [2.24, 2.45) is 16.2 Å². The van der Waals surface area contributed by atoms with Crippen molar-refractivity contribution in [2.45, 2.75) is 96.1 Å². The summed E-state index contributed by atoms with van der Waals surface area (Å²) in [4.78, 5) is 26.0. The van der Waals surface area contributed by atoms with Gasteiger partial charge in [-0.2, -0.15) is 0 Å². The van der Waals surface area contributed by atoms with Gasteiger partial charge in [0.05, 0.1) is 10.2 Å². The van der Waals surface area contributed by atoms with Crippen LogP contribution < -0.4 is 10.6 Å². The van der Waals surface area contributed by atoms with Gasteiger partial charge in [0, 0.05) is 22.5 Å². The molecular formula is C20H33BrN2O2. The Kier molecular flexibility index (Phi) is 4.11. The van der Waals surface area contributed by atoms with Crippen molar-refractivity contribution in [2.75, 3.05) is 0 Å². The van der Waals surface area contributed by atoms with Crippen LogP contribution in [0.4, 0.5) is 0 Å². The molecule has 0 aromatic heterocycles. The number of fused-ring (bicyclic) bond motifs is 2. The van der Waals surface area contributed by atoms with Gasteiger partial charge in [0.25, 0.3) is 0 Å². The van der Waals surface area contributed by atoms with E-state index in [1.165, 1.54) is 0 Å². The molecule has 0 radical (unpaired) electrons. The fourth-order valence-corrected chi connectivity index (χ4v) is 7.71. The van der Waals surface area contributed by atoms with E-state index in [-0.39, 0.29) is 39.1 Å². The number of rotatable bonds is 2. The number of nitrogens with one attached hydrogen (secondary N) is 2. The molecule has 2 aliphatic carbocycles. The van der Waals surface area contributed by atoms with E-state index < -0.39 is 10.8 Å². The van der Waals surface area contributed by atoms with Gasteiger partial charge in [0.2, 0.25) is 5.91 Å². The van der Waals surface area contributed by atoms with E-state index in [9.17, 15) is 9.59 Å². The van der Waals surface area contributed by atoms with Crippen molar-refractivity contribution < 1.29 is 9.59 Å². The highest BCUT2D eigenvalue weighted by Crippen LogP contribution is 2.72. The number of ketones is 1. The SMILES string of the molecule is CC1(C)CC(NC(=O)[C@]23CC[C@@](C)(C(=O)[C@H]2Br)C3(C)C)CC(C)(C)N1. The molecule has 142 valence electrons. The van der Waals surface area contributed by atoms with E-state index in [0.717, 1.165) is 25.7 Å². The van der Waals surface area contributed by atoms with Crippen molar-refractivity contribution in [1.29, 1.82) is 0 Å². The highest BCUT2D eigenvalue weighted by atomic mass is 79.9. The van der Waals surface area contributed by atoms with E-state index in [0.29, 0.717) is 0 Å². The second kappa shape index (κ2) is 5.31. The number of Topliss-reactive ketones (excluding diaryl/α,β-unsaturated/α-hetero) is 1. The first-order chi connectivity index (χ1) is 11.2. The first kappa shape index (κ1) is 19.3. The number of amides is 1. The topological polar surface area (TPSA) is 58.2 Å². The molecule has 25 heavy (non-hydrogen) atoms. The van der Waals surface area contributed by atoms with Gasteiger partial charge in [0.15, 0.2) is 5.78 Å². The zero-order valence-electron chi connectivity index (χ0n) is 16.7. The van der Waals surface area contributed by atoms with Gasteiger partial charge in [0.1, 0.15) is 0 Å². The van der Waals surface area contributed by atoms with Gasteiger partial charge >= 0.3 is 0 Å². The van der Waals surface area contributed by atoms with Crippen LogP contribution in [0.3, 0.4) is 0 Å². The monoisotopic (exact) mass is 412 g/mol. The van der Waals surface area contributed by atoms with Crippen LogP contribution in [0.2, 0.25) is 0 Å². The molecule has 4 nitrogen and oxygen atoms in total. The molecule has 0 unspecified atom stereocenters. The minimum atomic E-state index is -0.641. The smallest absolute Gasteiger partial charge is 0.228 e. The van der Waals surface area contributed by atoms with Crippen LogP contribution >= 0.6 is 15.9 Å². The standard InChI is InChI=1S/C20H33BrN2O2/c1-16(2)10-12(11-17(3,4)23-16)22-15(25)20-9-8-19(7,18(20,5)6)14(24)13(20)21/h12-13,23H,8-11H2,1-7H3,(H,22,25)/t13-,19+,20+/m1/s1. The maximum absolute atomic E-state index is 13.5. The Morgan fingerprint density at radius 3 is 2.00 bits per heavy atom. The molecule has 2 bridgehead atoms. The summed E-state index contributed by atoms with van der Waals surface area (Å²) in [7, 11) is 0. The Bertz CT molecular complexity index is 611. The third kappa shape index (κ3) is 2.48.